The number of amides is 2. The number of hydrogen-bond donors (Lipinski definition) is 5. The zero-order chi connectivity index (χ0) is 16.9. The van der Waals surface area contributed by atoms with Crippen molar-refractivity contribution in [1.29, 1.82) is 0 Å². The number of thiocarbonyl (C=S) groups is 1. The lowest BCUT2D eigenvalue weighted by atomic mass is 10.2. The third-order valence-corrected chi connectivity index (χ3v) is 3.47. The first-order valence-corrected chi connectivity index (χ1v) is 7.57. The molecule has 9 nitrogen and oxygen atoms in total. The summed E-state index contributed by atoms with van der Waals surface area (Å²) in [6.07, 6.45) is 0.971. The molecule has 2 amide bonds. The molecule has 0 spiro atoms. The first-order valence-electron chi connectivity index (χ1n) is 5.61. The Morgan fingerprint density at radius 2 is 1.59 bits per heavy atom. The van der Waals surface area contributed by atoms with Gasteiger partial charge < -0.3 is 22.1 Å². The standard InChI is InChI=1S/C11H13N5O4S2/c12-9(17)8(10(13)18)5-15-11(21)16-6-1-3-7(4-2-6)22(14,19)20/h1-5H,(H2,12,17)(H2,13,18)(H2,14,19,20)(H2,15,16,21). The van der Waals surface area contributed by atoms with E-state index in [0.29, 0.717) is 5.69 Å². The minimum absolute atomic E-state index is 0.0309. The summed E-state index contributed by atoms with van der Waals surface area (Å²) in [6.45, 7) is 0. The van der Waals surface area contributed by atoms with Crippen LogP contribution in [0.2, 0.25) is 0 Å². The Hall–Kier alpha value is -2.50. The summed E-state index contributed by atoms with van der Waals surface area (Å²) in [7, 11) is -3.78. The van der Waals surface area contributed by atoms with E-state index in [4.69, 9.17) is 28.8 Å². The SMILES string of the molecule is NC(=O)C(=CNC(=S)Nc1ccc(S(N)(=O)=O)cc1)C(N)=O. The molecule has 0 aliphatic rings. The molecule has 11 heteroatoms. The van der Waals surface area contributed by atoms with E-state index < -0.39 is 27.4 Å². The summed E-state index contributed by atoms with van der Waals surface area (Å²) in [5.41, 5.74) is 9.91. The molecule has 0 bridgehead atoms. The highest BCUT2D eigenvalue weighted by molar-refractivity contribution is 7.89. The van der Waals surface area contributed by atoms with Gasteiger partial charge in [0.2, 0.25) is 10.0 Å². The fourth-order valence-corrected chi connectivity index (χ4v) is 1.99. The van der Waals surface area contributed by atoms with Gasteiger partial charge in [0, 0.05) is 11.9 Å². The molecule has 1 aromatic carbocycles. The summed E-state index contributed by atoms with van der Waals surface area (Å²) in [5.74, 6) is -2.00. The molecular formula is C11H13N5O4S2. The number of primary amides is 2. The van der Waals surface area contributed by atoms with Gasteiger partial charge in [-0.1, -0.05) is 0 Å². The van der Waals surface area contributed by atoms with E-state index in [2.05, 4.69) is 10.6 Å². The van der Waals surface area contributed by atoms with Crippen molar-refractivity contribution in [1.82, 2.24) is 5.32 Å². The van der Waals surface area contributed by atoms with Crippen LogP contribution in [0.1, 0.15) is 0 Å². The highest BCUT2D eigenvalue weighted by Gasteiger charge is 2.11. The van der Waals surface area contributed by atoms with Gasteiger partial charge in [-0.3, -0.25) is 9.59 Å². The van der Waals surface area contributed by atoms with E-state index in [1.165, 1.54) is 24.3 Å². The van der Waals surface area contributed by atoms with Crippen molar-refractivity contribution in [3.63, 3.8) is 0 Å². The topological polar surface area (TPSA) is 170 Å². The Morgan fingerprint density at radius 1 is 1.09 bits per heavy atom. The summed E-state index contributed by atoms with van der Waals surface area (Å²) < 4.78 is 22.2. The van der Waals surface area contributed by atoms with Crippen molar-refractivity contribution < 1.29 is 18.0 Å². The normalized spacial score (nSPS) is 10.4. The van der Waals surface area contributed by atoms with Crippen molar-refractivity contribution >= 4 is 44.9 Å². The third-order valence-electron chi connectivity index (χ3n) is 2.32. The highest BCUT2D eigenvalue weighted by atomic mass is 32.2. The number of nitrogens with one attached hydrogen (secondary N) is 2. The first kappa shape index (κ1) is 17.6. The van der Waals surface area contributed by atoms with E-state index in [9.17, 15) is 18.0 Å². The van der Waals surface area contributed by atoms with Crippen LogP contribution in [0.3, 0.4) is 0 Å². The van der Waals surface area contributed by atoms with Crippen LogP contribution < -0.4 is 27.2 Å². The molecule has 22 heavy (non-hydrogen) atoms. The van der Waals surface area contributed by atoms with E-state index in [1.54, 1.807) is 0 Å². The van der Waals surface area contributed by atoms with Crippen LogP contribution in [0, 0.1) is 0 Å². The predicted molar refractivity (Wildman–Crippen MR) is 83.6 cm³/mol. The van der Waals surface area contributed by atoms with Crippen LogP contribution in [-0.2, 0) is 19.6 Å². The quantitative estimate of drug-likeness (QED) is 0.187. The monoisotopic (exact) mass is 343 g/mol. The molecule has 8 N–H and O–H groups in total. The van der Waals surface area contributed by atoms with Crippen molar-refractivity contribution in [3.05, 3.63) is 36.0 Å². The average molecular weight is 343 g/mol. The van der Waals surface area contributed by atoms with E-state index >= 15 is 0 Å². The number of hydrogen-bond acceptors (Lipinski definition) is 5. The van der Waals surface area contributed by atoms with E-state index in [-0.39, 0.29) is 10.0 Å². The van der Waals surface area contributed by atoms with Crippen molar-refractivity contribution in [2.75, 3.05) is 5.32 Å². The third kappa shape index (κ3) is 5.12. The van der Waals surface area contributed by atoms with Gasteiger partial charge in [0.05, 0.1) is 4.90 Å². The molecule has 0 aliphatic heterocycles. The van der Waals surface area contributed by atoms with Crippen LogP contribution in [0.15, 0.2) is 40.9 Å². The summed E-state index contributed by atoms with van der Waals surface area (Å²) in [6, 6.07) is 5.43. The van der Waals surface area contributed by atoms with E-state index in [1.807, 2.05) is 0 Å². The molecular weight excluding hydrogens is 330 g/mol. The van der Waals surface area contributed by atoms with E-state index in [0.717, 1.165) is 6.20 Å². The molecule has 0 saturated carbocycles. The molecule has 0 atom stereocenters. The number of rotatable bonds is 5. The van der Waals surface area contributed by atoms with Gasteiger partial charge in [0.15, 0.2) is 5.11 Å². The molecule has 0 unspecified atom stereocenters. The second-order valence-corrected chi connectivity index (χ2v) is 5.92. The van der Waals surface area contributed by atoms with Crippen LogP contribution >= 0.6 is 12.2 Å². The summed E-state index contributed by atoms with van der Waals surface area (Å²) in [5, 5.41) is 10.1. The second-order valence-electron chi connectivity index (χ2n) is 3.95. The lowest BCUT2D eigenvalue weighted by Gasteiger charge is -2.08. The lowest BCUT2D eigenvalue weighted by molar-refractivity contribution is -0.120. The zero-order valence-corrected chi connectivity index (χ0v) is 12.7. The van der Waals surface area contributed by atoms with Gasteiger partial charge >= 0.3 is 0 Å². The first-order chi connectivity index (χ1) is 10.1. The van der Waals surface area contributed by atoms with Gasteiger partial charge in [-0.2, -0.15) is 0 Å². The van der Waals surface area contributed by atoms with Gasteiger partial charge in [-0.05, 0) is 36.5 Å². The van der Waals surface area contributed by atoms with Gasteiger partial charge in [-0.15, -0.1) is 0 Å². The van der Waals surface area contributed by atoms with Crippen LogP contribution in [-0.4, -0.2) is 25.3 Å². The minimum Gasteiger partial charge on any atom is -0.365 e. The van der Waals surface area contributed by atoms with Gasteiger partial charge in [0.25, 0.3) is 11.8 Å². The number of sulfonamides is 1. The number of carbonyl (C=O) groups is 2. The number of carbonyl (C=O) groups excluding carboxylic acids is 2. The minimum atomic E-state index is -3.78. The zero-order valence-electron chi connectivity index (χ0n) is 11.1. The largest absolute Gasteiger partial charge is 0.365 e. The van der Waals surface area contributed by atoms with Crippen LogP contribution in [0.25, 0.3) is 0 Å². The molecule has 118 valence electrons. The number of primary sulfonamides is 1. The Labute approximate surface area is 131 Å². The Balaban J connectivity index is 2.76. The Bertz CT molecular complexity index is 724. The Morgan fingerprint density at radius 3 is 2.00 bits per heavy atom. The molecule has 0 aromatic heterocycles. The maximum atomic E-state index is 11.1. The van der Waals surface area contributed by atoms with Gasteiger partial charge in [-0.25, -0.2) is 13.6 Å². The number of anilines is 1. The molecule has 0 radical (unpaired) electrons. The van der Waals surface area contributed by atoms with Crippen molar-refractivity contribution in [2.24, 2.45) is 16.6 Å². The van der Waals surface area contributed by atoms with Crippen molar-refractivity contribution in [3.8, 4) is 0 Å². The number of nitrogens with two attached hydrogens (primary N) is 3. The Kier molecular flexibility index (Phi) is 5.56. The summed E-state index contributed by atoms with van der Waals surface area (Å²) in [4.78, 5) is 21.8. The maximum Gasteiger partial charge on any atom is 0.255 e. The molecule has 0 saturated heterocycles. The molecule has 0 heterocycles. The van der Waals surface area contributed by atoms with Crippen LogP contribution in [0.5, 0.6) is 0 Å². The lowest BCUT2D eigenvalue weighted by Crippen LogP contribution is -2.30. The fourth-order valence-electron chi connectivity index (χ4n) is 1.30. The smallest absolute Gasteiger partial charge is 0.255 e. The maximum absolute atomic E-state index is 11.1. The van der Waals surface area contributed by atoms with Gasteiger partial charge in [0.1, 0.15) is 5.57 Å². The second kappa shape index (κ2) is 6.98. The van der Waals surface area contributed by atoms with Crippen molar-refractivity contribution in [2.45, 2.75) is 4.90 Å². The molecule has 1 aromatic rings. The molecule has 0 aliphatic carbocycles. The summed E-state index contributed by atoms with van der Waals surface area (Å²) >= 11 is 4.92. The van der Waals surface area contributed by atoms with Crippen LogP contribution in [0.4, 0.5) is 5.69 Å². The highest BCUT2D eigenvalue weighted by Crippen LogP contribution is 2.12. The number of benzene rings is 1. The average Bonchev–Trinajstić information content (AvgIpc) is 2.37. The molecule has 1 rings (SSSR count). The molecule has 0 fully saturated rings. The predicted octanol–water partition coefficient (Wildman–Crippen LogP) is -1.53. The fraction of sp³-hybridized carbons (Fsp3) is 0.